The van der Waals surface area contributed by atoms with Gasteiger partial charge in [-0.05, 0) is 32.3 Å². The fourth-order valence-corrected chi connectivity index (χ4v) is 3.14. The van der Waals surface area contributed by atoms with Gasteiger partial charge in [-0.2, -0.15) is 0 Å². The highest BCUT2D eigenvalue weighted by Gasteiger charge is 2.32. The van der Waals surface area contributed by atoms with Crippen molar-refractivity contribution in [3.8, 4) is 0 Å². The maximum absolute atomic E-state index is 11.8. The van der Waals surface area contributed by atoms with Crippen LogP contribution in [0.4, 0.5) is 0 Å². The van der Waals surface area contributed by atoms with Crippen LogP contribution in [-0.4, -0.2) is 40.7 Å². The summed E-state index contributed by atoms with van der Waals surface area (Å²) in [6, 6.07) is 5.92. The molecule has 1 N–H and O–H groups in total. The van der Waals surface area contributed by atoms with Gasteiger partial charge >= 0.3 is 0 Å². The highest BCUT2D eigenvalue weighted by atomic mass is 16.1. The molecule has 2 rings (SSSR count). The summed E-state index contributed by atoms with van der Waals surface area (Å²) in [7, 11) is 0. The van der Waals surface area contributed by atoms with Crippen LogP contribution in [-0.2, 0) is 6.54 Å². The predicted molar refractivity (Wildman–Crippen MR) is 87.6 cm³/mol. The molecule has 0 bridgehead atoms. The van der Waals surface area contributed by atoms with E-state index in [1.165, 1.54) is 6.42 Å². The van der Waals surface area contributed by atoms with E-state index in [1.54, 1.807) is 12.1 Å². The van der Waals surface area contributed by atoms with Crippen molar-refractivity contribution in [2.24, 2.45) is 5.92 Å². The van der Waals surface area contributed by atoms with Gasteiger partial charge in [0.05, 0.1) is 0 Å². The molecule has 0 aromatic carbocycles. The smallest absolute Gasteiger partial charge is 0.250 e. The van der Waals surface area contributed by atoms with Crippen molar-refractivity contribution in [3.05, 3.63) is 34.7 Å². The van der Waals surface area contributed by atoms with Crippen molar-refractivity contribution in [1.29, 1.82) is 0 Å². The summed E-state index contributed by atoms with van der Waals surface area (Å²) in [5.41, 5.74) is 0.238. The minimum absolute atomic E-state index is 0.0901. The van der Waals surface area contributed by atoms with Crippen LogP contribution in [0.25, 0.3) is 0 Å². The molecule has 1 aromatic heterocycles. The van der Waals surface area contributed by atoms with Crippen LogP contribution in [0.1, 0.15) is 34.1 Å². The summed E-state index contributed by atoms with van der Waals surface area (Å²) in [6.45, 7) is 12.8. The Hall–Kier alpha value is -1.13. The Bertz CT molecular complexity index is 507. The quantitative estimate of drug-likeness (QED) is 0.901. The Kier molecular flexibility index (Phi) is 5.22. The van der Waals surface area contributed by atoms with E-state index in [4.69, 9.17) is 0 Å². The first kappa shape index (κ1) is 16.2. The first-order valence-electron chi connectivity index (χ1n) is 8.02. The van der Waals surface area contributed by atoms with E-state index in [-0.39, 0.29) is 11.1 Å². The number of pyridine rings is 1. The van der Waals surface area contributed by atoms with Gasteiger partial charge in [0.1, 0.15) is 0 Å². The summed E-state index contributed by atoms with van der Waals surface area (Å²) < 4.78 is 1.81. The van der Waals surface area contributed by atoms with Crippen molar-refractivity contribution in [2.75, 3.05) is 19.6 Å². The van der Waals surface area contributed by atoms with Gasteiger partial charge in [-0.15, -0.1) is 0 Å². The Labute approximate surface area is 128 Å². The lowest BCUT2D eigenvalue weighted by Crippen LogP contribution is -2.62. The topological polar surface area (TPSA) is 37.3 Å². The summed E-state index contributed by atoms with van der Waals surface area (Å²) >= 11 is 0. The summed E-state index contributed by atoms with van der Waals surface area (Å²) in [6.07, 6.45) is 3.08. The zero-order chi connectivity index (χ0) is 15.5. The molecule has 0 saturated carbocycles. The van der Waals surface area contributed by atoms with Gasteiger partial charge in [-0.25, -0.2) is 0 Å². The zero-order valence-corrected chi connectivity index (χ0v) is 13.8. The second-order valence-corrected chi connectivity index (χ2v) is 7.25. The van der Waals surface area contributed by atoms with E-state index in [2.05, 4.69) is 37.9 Å². The van der Waals surface area contributed by atoms with Gasteiger partial charge in [0.15, 0.2) is 0 Å². The number of hydrogen-bond donors (Lipinski definition) is 1. The normalized spacial score (nSPS) is 22.6. The molecule has 0 radical (unpaired) electrons. The summed E-state index contributed by atoms with van der Waals surface area (Å²) in [5, 5.41) is 3.64. The Morgan fingerprint density at radius 3 is 2.76 bits per heavy atom. The Balaban J connectivity index is 2.02. The zero-order valence-electron chi connectivity index (χ0n) is 13.8. The van der Waals surface area contributed by atoms with Crippen molar-refractivity contribution in [2.45, 2.75) is 52.2 Å². The lowest BCUT2D eigenvalue weighted by Gasteiger charge is -2.45. The molecule has 1 unspecified atom stereocenters. The molecule has 1 fully saturated rings. The number of rotatable bonds is 5. The van der Waals surface area contributed by atoms with E-state index in [9.17, 15) is 4.79 Å². The number of piperazine rings is 1. The van der Waals surface area contributed by atoms with E-state index >= 15 is 0 Å². The molecule has 1 aliphatic rings. The SMILES string of the molecule is CC(C)CC1CNC(C)(C)CN1CCn1ccccc1=O. The summed E-state index contributed by atoms with van der Waals surface area (Å²) in [4.78, 5) is 14.4. The third-order valence-electron chi connectivity index (χ3n) is 4.20. The Morgan fingerprint density at radius 1 is 1.33 bits per heavy atom. The van der Waals surface area contributed by atoms with Gasteiger partial charge in [-0.3, -0.25) is 9.69 Å². The second-order valence-electron chi connectivity index (χ2n) is 7.25. The average molecular weight is 291 g/mol. The highest BCUT2D eigenvalue weighted by Crippen LogP contribution is 2.19. The lowest BCUT2D eigenvalue weighted by atomic mass is 9.94. The maximum atomic E-state index is 11.8. The third kappa shape index (κ3) is 4.68. The van der Waals surface area contributed by atoms with Crippen molar-refractivity contribution >= 4 is 0 Å². The molecular weight excluding hydrogens is 262 g/mol. The van der Waals surface area contributed by atoms with Gasteiger partial charge in [0.25, 0.3) is 5.56 Å². The standard InChI is InChI=1S/C17H29N3O/c1-14(2)11-15-12-18-17(3,4)13-20(15)10-9-19-8-6-5-7-16(19)21/h5-8,14-15,18H,9-13H2,1-4H3. The van der Waals surface area contributed by atoms with Gasteiger partial charge in [0, 0.05) is 50.0 Å². The van der Waals surface area contributed by atoms with Crippen LogP contribution < -0.4 is 10.9 Å². The molecule has 21 heavy (non-hydrogen) atoms. The van der Waals surface area contributed by atoms with Crippen LogP contribution in [0.15, 0.2) is 29.2 Å². The van der Waals surface area contributed by atoms with Gasteiger partial charge in [-0.1, -0.05) is 19.9 Å². The van der Waals surface area contributed by atoms with Gasteiger partial charge < -0.3 is 9.88 Å². The molecule has 1 atom stereocenters. The molecular formula is C17H29N3O. The predicted octanol–water partition coefficient (Wildman–Crippen LogP) is 1.95. The lowest BCUT2D eigenvalue weighted by molar-refractivity contribution is 0.0792. The minimum atomic E-state index is 0.0901. The van der Waals surface area contributed by atoms with Crippen LogP contribution in [0, 0.1) is 5.92 Å². The number of aromatic nitrogens is 1. The molecule has 118 valence electrons. The first-order chi connectivity index (χ1) is 9.87. The van der Waals surface area contributed by atoms with Gasteiger partial charge in [0.2, 0.25) is 0 Å². The van der Waals surface area contributed by atoms with Crippen molar-refractivity contribution in [3.63, 3.8) is 0 Å². The van der Waals surface area contributed by atoms with E-state index < -0.39 is 0 Å². The van der Waals surface area contributed by atoms with Crippen molar-refractivity contribution < 1.29 is 0 Å². The van der Waals surface area contributed by atoms with Crippen LogP contribution >= 0.6 is 0 Å². The molecule has 0 amide bonds. The minimum Gasteiger partial charge on any atom is -0.314 e. The second kappa shape index (κ2) is 6.75. The van der Waals surface area contributed by atoms with Crippen LogP contribution in [0.3, 0.4) is 0 Å². The largest absolute Gasteiger partial charge is 0.314 e. The molecule has 1 saturated heterocycles. The molecule has 4 heteroatoms. The summed E-state index contributed by atoms with van der Waals surface area (Å²) in [5.74, 6) is 0.694. The molecule has 0 aliphatic carbocycles. The fourth-order valence-electron chi connectivity index (χ4n) is 3.14. The average Bonchev–Trinajstić information content (AvgIpc) is 2.40. The molecule has 4 nitrogen and oxygen atoms in total. The van der Waals surface area contributed by atoms with E-state index in [1.807, 2.05) is 16.8 Å². The molecule has 1 aromatic rings. The monoisotopic (exact) mass is 291 g/mol. The number of nitrogens with zero attached hydrogens (tertiary/aromatic N) is 2. The van der Waals surface area contributed by atoms with Crippen molar-refractivity contribution in [1.82, 2.24) is 14.8 Å². The van der Waals surface area contributed by atoms with Crippen LogP contribution in [0.2, 0.25) is 0 Å². The molecule has 0 spiro atoms. The molecule has 1 aliphatic heterocycles. The molecule has 2 heterocycles. The van der Waals surface area contributed by atoms with E-state index in [0.717, 1.165) is 26.2 Å². The third-order valence-corrected chi connectivity index (χ3v) is 4.20. The Morgan fingerprint density at radius 2 is 2.10 bits per heavy atom. The highest BCUT2D eigenvalue weighted by molar-refractivity contribution is 4.95. The number of hydrogen-bond acceptors (Lipinski definition) is 3. The van der Waals surface area contributed by atoms with E-state index in [0.29, 0.717) is 12.0 Å². The number of nitrogens with one attached hydrogen (secondary N) is 1. The maximum Gasteiger partial charge on any atom is 0.250 e. The first-order valence-corrected chi connectivity index (χ1v) is 8.02. The fraction of sp³-hybridized carbons (Fsp3) is 0.706. The van der Waals surface area contributed by atoms with Crippen LogP contribution in [0.5, 0.6) is 0 Å².